The van der Waals surface area contributed by atoms with Crippen LogP contribution in [0.25, 0.3) is 6.08 Å². The summed E-state index contributed by atoms with van der Waals surface area (Å²) < 4.78 is 0. The second kappa shape index (κ2) is 6.56. The Hall–Kier alpha value is -2.99. The standard InChI is InChI=1S/C21H14Cl2N4O/c22-13-5-6-15(16(23)9-13)17-18(20(26)28)27-8-7-12-3-1-2-4-14(12)19(27)21(17,10-24)11-25/h1-9,17-19H,(H2,26,28)/t17-,18+,19-/m0/s1. The Labute approximate surface area is 172 Å². The van der Waals surface area contributed by atoms with Crippen molar-refractivity contribution in [1.82, 2.24) is 4.90 Å². The lowest BCUT2D eigenvalue weighted by Gasteiger charge is -2.34. The first-order chi connectivity index (χ1) is 13.4. The molecule has 2 aliphatic rings. The van der Waals surface area contributed by atoms with Gasteiger partial charge in [-0.1, -0.05) is 53.5 Å². The van der Waals surface area contributed by atoms with Crippen LogP contribution in [0.4, 0.5) is 0 Å². The van der Waals surface area contributed by atoms with E-state index in [0.29, 0.717) is 10.6 Å². The summed E-state index contributed by atoms with van der Waals surface area (Å²) >= 11 is 12.4. The number of amides is 1. The van der Waals surface area contributed by atoms with E-state index in [1.54, 1.807) is 23.2 Å². The highest BCUT2D eigenvalue weighted by Gasteiger charge is 2.63. The average Bonchev–Trinajstić information content (AvgIpc) is 2.99. The molecule has 0 aromatic heterocycles. The molecule has 3 atom stereocenters. The molecule has 5 nitrogen and oxygen atoms in total. The van der Waals surface area contributed by atoms with Crippen LogP contribution in [0.5, 0.6) is 0 Å². The molecule has 0 spiro atoms. The Morgan fingerprint density at radius 3 is 2.46 bits per heavy atom. The van der Waals surface area contributed by atoms with Gasteiger partial charge in [-0.2, -0.15) is 10.5 Å². The SMILES string of the molecule is N#CC1(C#N)[C@@H]2c3ccccc3C=CN2[C@@H](C(N)=O)[C@@H]1c1ccc(Cl)cc1Cl. The summed E-state index contributed by atoms with van der Waals surface area (Å²) in [5, 5.41) is 21.1. The zero-order valence-electron chi connectivity index (χ0n) is 14.5. The molecule has 28 heavy (non-hydrogen) atoms. The molecule has 2 heterocycles. The number of carbonyl (C=O) groups is 1. The van der Waals surface area contributed by atoms with Crippen molar-refractivity contribution in [3.05, 3.63) is 75.4 Å². The fourth-order valence-corrected chi connectivity index (χ4v) is 4.94. The van der Waals surface area contributed by atoms with Gasteiger partial charge in [-0.3, -0.25) is 4.79 Å². The lowest BCUT2D eigenvalue weighted by molar-refractivity contribution is -0.122. The maximum atomic E-state index is 12.5. The molecule has 2 aromatic carbocycles. The van der Waals surface area contributed by atoms with Gasteiger partial charge in [-0.05, 0) is 34.9 Å². The number of rotatable bonds is 2. The number of nitriles is 2. The second-order valence-corrected chi connectivity index (χ2v) is 7.72. The summed E-state index contributed by atoms with van der Waals surface area (Å²) in [7, 11) is 0. The van der Waals surface area contributed by atoms with Gasteiger partial charge < -0.3 is 10.6 Å². The maximum Gasteiger partial charge on any atom is 0.240 e. The van der Waals surface area contributed by atoms with Crippen LogP contribution < -0.4 is 5.73 Å². The summed E-state index contributed by atoms with van der Waals surface area (Å²) in [6, 6.07) is 15.2. The van der Waals surface area contributed by atoms with Crippen molar-refractivity contribution >= 4 is 35.2 Å². The molecular formula is C21H14Cl2N4O. The number of nitrogens with zero attached hydrogens (tertiary/aromatic N) is 3. The maximum absolute atomic E-state index is 12.5. The Kier molecular flexibility index (Phi) is 4.31. The number of benzene rings is 2. The van der Waals surface area contributed by atoms with Crippen LogP contribution in [0.3, 0.4) is 0 Å². The number of primary amides is 1. The van der Waals surface area contributed by atoms with Crippen LogP contribution in [0.15, 0.2) is 48.7 Å². The first-order valence-electron chi connectivity index (χ1n) is 8.56. The molecule has 7 heteroatoms. The van der Waals surface area contributed by atoms with Crippen LogP contribution in [0.1, 0.15) is 28.7 Å². The van der Waals surface area contributed by atoms with Gasteiger partial charge in [0.05, 0.1) is 18.2 Å². The number of nitrogens with two attached hydrogens (primary N) is 1. The van der Waals surface area contributed by atoms with Gasteiger partial charge in [-0.25, -0.2) is 0 Å². The number of halogens is 2. The van der Waals surface area contributed by atoms with E-state index in [2.05, 4.69) is 12.1 Å². The van der Waals surface area contributed by atoms with Crippen LogP contribution in [-0.2, 0) is 4.79 Å². The largest absolute Gasteiger partial charge is 0.368 e. The molecule has 1 amide bonds. The van der Waals surface area contributed by atoms with Crippen molar-refractivity contribution in [1.29, 1.82) is 10.5 Å². The molecule has 2 aliphatic heterocycles. The van der Waals surface area contributed by atoms with Crippen molar-refractivity contribution in [2.75, 3.05) is 0 Å². The summed E-state index contributed by atoms with van der Waals surface area (Å²) in [5.74, 6) is -1.47. The summed E-state index contributed by atoms with van der Waals surface area (Å²) in [5.41, 5.74) is 6.38. The van der Waals surface area contributed by atoms with Gasteiger partial charge in [0.1, 0.15) is 6.04 Å². The van der Waals surface area contributed by atoms with Crippen LogP contribution in [0, 0.1) is 28.1 Å². The molecule has 0 saturated carbocycles. The Bertz CT molecular complexity index is 1080. The number of carbonyl (C=O) groups excluding carboxylic acids is 1. The van der Waals surface area contributed by atoms with E-state index < -0.39 is 29.3 Å². The van der Waals surface area contributed by atoms with Crippen molar-refractivity contribution in [2.24, 2.45) is 11.1 Å². The molecule has 0 unspecified atom stereocenters. The smallest absolute Gasteiger partial charge is 0.240 e. The highest BCUT2D eigenvalue weighted by Crippen LogP contribution is 2.60. The van der Waals surface area contributed by atoms with Gasteiger partial charge in [0.25, 0.3) is 0 Å². The van der Waals surface area contributed by atoms with Gasteiger partial charge >= 0.3 is 0 Å². The van der Waals surface area contributed by atoms with E-state index >= 15 is 0 Å². The highest BCUT2D eigenvalue weighted by molar-refractivity contribution is 6.35. The highest BCUT2D eigenvalue weighted by atomic mass is 35.5. The van der Waals surface area contributed by atoms with Gasteiger partial charge in [0.2, 0.25) is 5.91 Å². The van der Waals surface area contributed by atoms with E-state index in [4.69, 9.17) is 28.9 Å². The van der Waals surface area contributed by atoms with Gasteiger partial charge in [0, 0.05) is 22.2 Å². The van der Waals surface area contributed by atoms with Crippen molar-refractivity contribution in [3.63, 3.8) is 0 Å². The molecule has 0 radical (unpaired) electrons. The minimum Gasteiger partial charge on any atom is -0.368 e. The first kappa shape index (κ1) is 18.4. The van der Waals surface area contributed by atoms with Crippen molar-refractivity contribution < 1.29 is 4.79 Å². The summed E-state index contributed by atoms with van der Waals surface area (Å²) in [6.45, 7) is 0. The van der Waals surface area contributed by atoms with E-state index in [1.807, 2.05) is 30.3 Å². The minimum atomic E-state index is -1.57. The predicted octanol–water partition coefficient (Wildman–Crippen LogP) is 4.01. The number of hydrogen-bond donors (Lipinski definition) is 1. The average molecular weight is 409 g/mol. The number of hydrogen-bond acceptors (Lipinski definition) is 4. The normalized spacial score (nSPS) is 24.0. The van der Waals surface area contributed by atoms with Gasteiger partial charge in [-0.15, -0.1) is 0 Å². The predicted molar refractivity (Wildman–Crippen MR) is 106 cm³/mol. The Balaban J connectivity index is 2.03. The second-order valence-electron chi connectivity index (χ2n) is 6.88. The molecule has 2 N–H and O–H groups in total. The fourth-order valence-electron chi connectivity index (χ4n) is 4.42. The van der Waals surface area contributed by atoms with Gasteiger partial charge in [0.15, 0.2) is 5.41 Å². The molecule has 0 bridgehead atoms. The molecule has 2 aromatic rings. The third-order valence-corrected chi connectivity index (χ3v) is 6.10. The van der Waals surface area contributed by atoms with Crippen LogP contribution >= 0.6 is 23.2 Å². The quantitative estimate of drug-likeness (QED) is 0.811. The lowest BCUT2D eigenvalue weighted by atomic mass is 9.68. The van der Waals surface area contributed by atoms with Crippen LogP contribution in [-0.4, -0.2) is 16.8 Å². The zero-order valence-corrected chi connectivity index (χ0v) is 16.0. The molecule has 4 rings (SSSR count). The zero-order chi connectivity index (χ0) is 20.1. The fraction of sp³-hybridized carbons (Fsp3) is 0.190. The molecule has 138 valence electrons. The minimum absolute atomic E-state index is 0.288. The van der Waals surface area contributed by atoms with Crippen molar-refractivity contribution in [2.45, 2.75) is 18.0 Å². The summed E-state index contributed by atoms with van der Waals surface area (Å²) in [4.78, 5) is 14.2. The summed E-state index contributed by atoms with van der Waals surface area (Å²) in [6.07, 6.45) is 3.59. The van der Waals surface area contributed by atoms with Crippen LogP contribution in [0.2, 0.25) is 10.0 Å². The molecule has 0 aliphatic carbocycles. The topological polar surface area (TPSA) is 93.9 Å². The third kappa shape index (κ3) is 2.41. The lowest BCUT2D eigenvalue weighted by Crippen LogP contribution is -2.41. The van der Waals surface area contributed by atoms with E-state index in [1.165, 1.54) is 6.07 Å². The van der Waals surface area contributed by atoms with E-state index in [-0.39, 0.29) is 5.02 Å². The monoisotopic (exact) mass is 408 g/mol. The first-order valence-corrected chi connectivity index (χ1v) is 9.31. The molecular weight excluding hydrogens is 395 g/mol. The van der Waals surface area contributed by atoms with Crippen molar-refractivity contribution in [3.8, 4) is 12.1 Å². The Morgan fingerprint density at radius 1 is 1.11 bits per heavy atom. The molecule has 1 fully saturated rings. The number of fused-ring (bicyclic) bond motifs is 3. The molecule has 1 saturated heterocycles. The Morgan fingerprint density at radius 2 is 1.82 bits per heavy atom. The van der Waals surface area contributed by atoms with E-state index in [9.17, 15) is 15.3 Å². The third-order valence-electron chi connectivity index (χ3n) is 5.53. The van der Waals surface area contributed by atoms with E-state index in [0.717, 1.165) is 11.1 Å².